The molecule has 0 aliphatic heterocycles. The Bertz CT molecular complexity index is 600. The Hall–Kier alpha value is -1.11. The molecule has 1 N–H and O–H groups in total. The van der Waals surface area contributed by atoms with Gasteiger partial charge in [-0.05, 0) is 24.6 Å². The second-order valence-electron chi connectivity index (χ2n) is 4.56. The first-order chi connectivity index (χ1) is 9.21. The van der Waals surface area contributed by atoms with Gasteiger partial charge in [-0.3, -0.25) is 4.79 Å². The first-order valence-electron chi connectivity index (χ1n) is 6.19. The smallest absolute Gasteiger partial charge is 0.307 e. The number of hydrogen-bond donors (Lipinski definition) is 1. The third-order valence-electron chi connectivity index (χ3n) is 3.09. The van der Waals surface area contributed by atoms with Gasteiger partial charge in [0.25, 0.3) is 0 Å². The maximum absolute atomic E-state index is 12.6. The third kappa shape index (κ3) is 3.50. The van der Waals surface area contributed by atoms with E-state index in [-0.39, 0.29) is 18.0 Å². The highest BCUT2D eigenvalue weighted by Gasteiger charge is 2.28. The van der Waals surface area contributed by atoms with Crippen molar-refractivity contribution in [2.45, 2.75) is 25.7 Å². The highest BCUT2D eigenvalue weighted by atomic mass is 35.5. The number of sulfonamides is 1. The summed E-state index contributed by atoms with van der Waals surface area (Å²) in [5.74, 6) is -1.80. The summed E-state index contributed by atoms with van der Waals surface area (Å²) in [6, 6.07) is 4.66. The molecule has 0 spiro atoms. The van der Waals surface area contributed by atoms with Crippen molar-refractivity contribution < 1.29 is 18.3 Å². The molecule has 1 aromatic rings. The number of hydrogen-bond acceptors (Lipinski definition) is 3. The van der Waals surface area contributed by atoms with Crippen molar-refractivity contribution in [3.63, 3.8) is 0 Å². The van der Waals surface area contributed by atoms with E-state index in [0.29, 0.717) is 10.6 Å². The van der Waals surface area contributed by atoms with Crippen molar-refractivity contribution in [2.24, 2.45) is 5.92 Å². The standard InChI is InChI=1S/C13H18ClNO4S/c1-4-15(8-9(2)13(16)17)20(18,19)12-7-5-6-11(14)10(12)3/h5-7,9H,4,8H2,1-3H3,(H,16,17). The molecule has 112 valence electrons. The van der Waals surface area contributed by atoms with Gasteiger partial charge in [-0.15, -0.1) is 0 Å². The van der Waals surface area contributed by atoms with Crippen molar-refractivity contribution in [3.8, 4) is 0 Å². The number of nitrogens with zero attached hydrogens (tertiary/aromatic N) is 1. The molecule has 0 aromatic heterocycles. The van der Waals surface area contributed by atoms with Crippen LogP contribution in [-0.4, -0.2) is 36.9 Å². The summed E-state index contributed by atoms with van der Waals surface area (Å²) in [6.45, 7) is 4.91. The van der Waals surface area contributed by atoms with Gasteiger partial charge in [0.2, 0.25) is 10.0 Å². The summed E-state index contributed by atoms with van der Waals surface area (Å²) in [5.41, 5.74) is 0.468. The number of carbonyl (C=O) groups is 1. The molecule has 1 unspecified atom stereocenters. The predicted molar refractivity (Wildman–Crippen MR) is 77.4 cm³/mol. The number of benzene rings is 1. The van der Waals surface area contributed by atoms with Crippen LogP contribution in [0.2, 0.25) is 5.02 Å². The van der Waals surface area contributed by atoms with E-state index in [1.807, 2.05) is 0 Å². The molecule has 0 amide bonds. The molecule has 0 aliphatic rings. The van der Waals surface area contributed by atoms with Gasteiger partial charge in [-0.25, -0.2) is 8.42 Å². The molecular formula is C13H18ClNO4S. The van der Waals surface area contributed by atoms with E-state index in [1.165, 1.54) is 13.0 Å². The third-order valence-corrected chi connectivity index (χ3v) is 5.58. The number of halogens is 1. The van der Waals surface area contributed by atoms with Gasteiger partial charge in [0.05, 0.1) is 10.8 Å². The van der Waals surface area contributed by atoms with Crippen LogP contribution in [0.5, 0.6) is 0 Å². The topological polar surface area (TPSA) is 74.7 Å². The zero-order valence-electron chi connectivity index (χ0n) is 11.6. The molecule has 0 fully saturated rings. The molecule has 0 radical (unpaired) electrons. The zero-order valence-corrected chi connectivity index (χ0v) is 13.2. The summed E-state index contributed by atoms with van der Waals surface area (Å²) in [7, 11) is -3.75. The van der Waals surface area contributed by atoms with Gasteiger partial charge in [-0.2, -0.15) is 4.31 Å². The Morgan fingerprint density at radius 2 is 2.05 bits per heavy atom. The van der Waals surface area contributed by atoms with Gasteiger partial charge in [0, 0.05) is 18.1 Å². The van der Waals surface area contributed by atoms with Gasteiger partial charge < -0.3 is 5.11 Å². The van der Waals surface area contributed by atoms with Crippen LogP contribution in [0.1, 0.15) is 19.4 Å². The lowest BCUT2D eigenvalue weighted by atomic mass is 10.2. The summed E-state index contributed by atoms with van der Waals surface area (Å²) in [6.07, 6.45) is 0. The lowest BCUT2D eigenvalue weighted by molar-refractivity contribution is -0.141. The summed E-state index contributed by atoms with van der Waals surface area (Å²) in [4.78, 5) is 11.0. The Morgan fingerprint density at radius 1 is 1.45 bits per heavy atom. The van der Waals surface area contributed by atoms with Crippen LogP contribution >= 0.6 is 11.6 Å². The zero-order chi connectivity index (χ0) is 15.5. The maximum Gasteiger partial charge on any atom is 0.307 e. The summed E-state index contributed by atoms with van der Waals surface area (Å²) in [5, 5.41) is 9.29. The molecule has 0 saturated carbocycles. The Labute approximate surface area is 124 Å². The van der Waals surface area contributed by atoms with Crippen LogP contribution in [0.25, 0.3) is 0 Å². The second kappa shape index (κ2) is 6.56. The van der Waals surface area contributed by atoms with E-state index >= 15 is 0 Å². The highest BCUT2D eigenvalue weighted by molar-refractivity contribution is 7.89. The number of carboxylic acids is 1. The van der Waals surface area contributed by atoms with Crippen molar-refractivity contribution in [3.05, 3.63) is 28.8 Å². The van der Waals surface area contributed by atoms with Crippen LogP contribution < -0.4 is 0 Å². The van der Waals surface area contributed by atoms with E-state index in [9.17, 15) is 13.2 Å². The van der Waals surface area contributed by atoms with Crippen molar-refractivity contribution in [2.75, 3.05) is 13.1 Å². The van der Waals surface area contributed by atoms with E-state index in [1.54, 1.807) is 26.0 Å². The van der Waals surface area contributed by atoms with Crippen LogP contribution in [-0.2, 0) is 14.8 Å². The lowest BCUT2D eigenvalue weighted by Gasteiger charge is -2.23. The SMILES string of the molecule is CCN(CC(C)C(=O)O)S(=O)(=O)c1cccc(Cl)c1C. The second-order valence-corrected chi connectivity index (χ2v) is 6.87. The molecule has 20 heavy (non-hydrogen) atoms. The van der Waals surface area contributed by atoms with E-state index in [2.05, 4.69) is 0 Å². The molecular weight excluding hydrogens is 302 g/mol. The number of rotatable bonds is 6. The van der Waals surface area contributed by atoms with Crippen LogP contribution in [0.3, 0.4) is 0 Å². The van der Waals surface area contributed by atoms with E-state index in [4.69, 9.17) is 16.7 Å². The molecule has 1 aromatic carbocycles. The Kier molecular flexibility index (Phi) is 5.56. The fourth-order valence-electron chi connectivity index (χ4n) is 1.79. The minimum atomic E-state index is -3.75. The van der Waals surface area contributed by atoms with E-state index < -0.39 is 21.9 Å². The molecule has 5 nitrogen and oxygen atoms in total. The van der Waals surface area contributed by atoms with Gasteiger partial charge in [0.15, 0.2) is 0 Å². The van der Waals surface area contributed by atoms with Crippen LogP contribution in [0.4, 0.5) is 0 Å². The number of aliphatic carboxylic acids is 1. The average Bonchev–Trinajstić information content (AvgIpc) is 2.38. The first kappa shape index (κ1) is 16.9. The molecule has 1 atom stereocenters. The van der Waals surface area contributed by atoms with Crippen LogP contribution in [0.15, 0.2) is 23.1 Å². The molecule has 0 saturated heterocycles. The minimum Gasteiger partial charge on any atom is -0.481 e. The van der Waals surface area contributed by atoms with Crippen molar-refractivity contribution >= 4 is 27.6 Å². The largest absolute Gasteiger partial charge is 0.481 e. The van der Waals surface area contributed by atoms with Crippen molar-refractivity contribution in [1.29, 1.82) is 0 Å². The summed E-state index contributed by atoms with van der Waals surface area (Å²) >= 11 is 5.95. The quantitative estimate of drug-likeness (QED) is 0.873. The van der Waals surface area contributed by atoms with Gasteiger partial charge in [0.1, 0.15) is 0 Å². The molecule has 0 aliphatic carbocycles. The molecule has 0 heterocycles. The highest BCUT2D eigenvalue weighted by Crippen LogP contribution is 2.25. The fourth-order valence-corrected chi connectivity index (χ4v) is 3.80. The fraction of sp³-hybridized carbons (Fsp3) is 0.462. The minimum absolute atomic E-state index is 0.0693. The van der Waals surface area contributed by atoms with Crippen molar-refractivity contribution in [1.82, 2.24) is 4.31 Å². The molecule has 1 rings (SSSR count). The first-order valence-corrected chi connectivity index (χ1v) is 8.01. The normalized spacial score (nSPS) is 13.4. The van der Waals surface area contributed by atoms with Crippen LogP contribution in [0, 0.1) is 12.8 Å². The van der Waals surface area contributed by atoms with E-state index in [0.717, 1.165) is 4.31 Å². The number of carboxylic acid groups (broad SMARTS) is 1. The molecule has 0 bridgehead atoms. The van der Waals surface area contributed by atoms with Gasteiger partial charge in [-0.1, -0.05) is 31.5 Å². The van der Waals surface area contributed by atoms with Gasteiger partial charge >= 0.3 is 5.97 Å². The summed E-state index contributed by atoms with van der Waals surface area (Å²) < 4.78 is 26.3. The predicted octanol–water partition coefficient (Wildman–Crippen LogP) is 2.38. The maximum atomic E-state index is 12.6. The monoisotopic (exact) mass is 319 g/mol. The lowest BCUT2D eigenvalue weighted by Crippen LogP contribution is -2.37. The molecule has 7 heteroatoms. The average molecular weight is 320 g/mol. The Morgan fingerprint density at radius 3 is 2.55 bits per heavy atom. The Balaban J connectivity index is 3.19.